The first-order valence-corrected chi connectivity index (χ1v) is 8.67. The minimum Gasteiger partial charge on any atom is -0.488 e. The molecule has 0 spiro atoms. The summed E-state index contributed by atoms with van der Waals surface area (Å²) in [6.45, 7) is 2.08. The average molecular weight is 290 g/mol. The van der Waals surface area contributed by atoms with Crippen LogP contribution in [0.3, 0.4) is 0 Å². The number of aliphatic hydroxyl groups is 1. The number of benzene rings is 1. The largest absolute Gasteiger partial charge is 0.488 e. The zero-order valence-electron chi connectivity index (χ0n) is 13.4. The molecule has 1 saturated carbocycles. The molecule has 1 aromatic carbocycles. The van der Waals surface area contributed by atoms with Crippen LogP contribution < -0.4 is 4.74 Å². The lowest BCUT2D eigenvalue weighted by molar-refractivity contribution is 0.0227. The van der Waals surface area contributed by atoms with Crippen LogP contribution >= 0.6 is 0 Å². The quantitative estimate of drug-likeness (QED) is 0.829. The van der Waals surface area contributed by atoms with Gasteiger partial charge in [-0.3, -0.25) is 0 Å². The van der Waals surface area contributed by atoms with Crippen molar-refractivity contribution in [3.63, 3.8) is 0 Å². The van der Waals surface area contributed by atoms with Crippen molar-refractivity contribution in [3.8, 4) is 5.75 Å². The SMILES string of the molecule is Cc1ccc(OC2CCCCCCCCCCC2O)cc1. The summed E-state index contributed by atoms with van der Waals surface area (Å²) in [5, 5.41) is 10.4. The fraction of sp³-hybridized carbons (Fsp3) is 0.684. The van der Waals surface area contributed by atoms with E-state index in [0.29, 0.717) is 0 Å². The van der Waals surface area contributed by atoms with Crippen molar-refractivity contribution >= 4 is 0 Å². The molecular formula is C19H30O2. The van der Waals surface area contributed by atoms with Gasteiger partial charge in [-0.15, -0.1) is 0 Å². The third-order valence-corrected chi connectivity index (χ3v) is 4.48. The lowest BCUT2D eigenvalue weighted by Gasteiger charge is -2.25. The van der Waals surface area contributed by atoms with Crippen molar-refractivity contribution in [1.29, 1.82) is 0 Å². The van der Waals surface area contributed by atoms with Gasteiger partial charge >= 0.3 is 0 Å². The lowest BCUT2D eigenvalue weighted by atomic mass is 9.97. The topological polar surface area (TPSA) is 29.5 Å². The highest BCUT2D eigenvalue weighted by molar-refractivity contribution is 5.26. The van der Waals surface area contributed by atoms with Gasteiger partial charge in [-0.05, 0) is 38.3 Å². The highest BCUT2D eigenvalue weighted by atomic mass is 16.5. The molecule has 0 radical (unpaired) electrons. The second-order valence-corrected chi connectivity index (χ2v) is 6.44. The van der Waals surface area contributed by atoms with Gasteiger partial charge in [0.2, 0.25) is 0 Å². The van der Waals surface area contributed by atoms with Crippen molar-refractivity contribution in [2.24, 2.45) is 0 Å². The summed E-state index contributed by atoms with van der Waals surface area (Å²) >= 11 is 0. The van der Waals surface area contributed by atoms with Crippen LogP contribution in [-0.4, -0.2) is 17.3 Å². The molecule has 2 heteroatoms. The molecule has 21 heavy (non-hydrogen) atoms. The minimum absolute atomic E-state index is 0.0490. The second-order valence-electron chi connectivity index (χ2n) is 6.44. The second kappa shape index (κ2) is 9.09. The maximum absolute atomic E-state index is 10.4. The Bertz CT molecular complexity index is 385. The molecule has 2 unspecified atom stereocenters. The summed E-state index contributed by atoms with van der Waals surface area (Å²) in [6.07, 6.45) is 11.6. The van der Waals surface area contributed by atoms with Gasteiger partial charge in [-0.25, -0.2) is 0 Å². The summed E-state index contributed by atoms with van der Waals surface area (Å²) in [5.74, 6) is 0.886. The predicted octanol–water partition coefficient (Wildman–Crippen LogP) is 5.02. The van der Waals surface area contributed by atoms with Crippen molar-refractivity contribution in [3.05, 3.63) is 29.8 Å². The molecule has 0 aromatic heterocycles. The first kappa shape index (κ1) is 16.4. The van der Waals surface area contributed by atoms with E-state index in [4.69, 9.17) is 4.74 Å². The van der Waals surface area contributed by atoms with Crippen LogP contribution in [0.25, 0.3) is 0 Å². The van der Waals surface area contributed by atoms with Crippen LogP contribution in [-0.2, 0) is 0 Å². The molecule has 0 aliphatic heterocycles. The summed E-state index contributed by atoms with van der Waals surface area (Å²) in [4.78, 5) is 0. The van der Waals surface area contributed by atoms with Gasteiger partial charge in [0, 0.05) is 0 Å². The van der Waals surface area contributed by atoms with Crippen LogP contribution in [0.2, 0.25) is 0 Å². The van der Waals surface area contributed by atoms with Crippen LogP contribution in [0.15, 0.2) is 24.3 Å². The first-order valence-electron chi connectivity index (χ1n) is 8.67. The summed E-state index contributed by atoms with van der Waals surface area (Å²) in [6, 6.07) is 8.16. The van der Waals surface area contributed by atoms with Crippen LogP contribution in [0, 0.1) is 6.92 Å². The van der Waals surface area contributed by atoms with E-state index in [9.17, 15) is 5.11 Å². The van der Waals surface area contributed by atoms with Crippen LogP contribution in [0.1, 0.15) is 69.8 Å². The molecule has 1 aliphatic rings. The number of rotatable bonds is 2. The van der Waals surface area contributed by atoms with E-state index in [-0.39, 0.29) is 12.2 Å². The van der Waals surface area contributed by atoms with Crippen LogP contribution in [0.5, 0.6) is 5.75 Å². The third-order valence-electron chi connectivity index (χ3n) is 4.48. The van der Waals surface area contributed by atoms with Crippen molar-refractivity contribution in [2.45, 2.75) is 83.3 Å². The maximum atomic E-state index is 10.4. The van der Waals surface area contributed by atoms with Crippen molar-refractivity contribution in [2.75, 3.05) is 0 Å². The van der Waals surface area contributed by atoms with Gasteiger partial charge < -0.3 is 9.84 Å². The molecule has 1 aliphatic carbocycles. The van der Waals surface area contributed by atoms with Gasteiger partial charge in [0.25, 0.3) is 0 Å². The maximum Gasteiger partial charge on any atom is 0.124 e. The molecule has 1 N–H and O–H groups in total. The fourth-order valence-electron chi connectivity index (χ4n) is 3.07. The predicted molar refractivity (Wildman–Crippen MR) is 87.8 cm³/mol. The fourth-order valence-corrected chi connectivity index (χ4v) is 3.07. The van der Waals surface area contributed by atoms with E-state index >= 15 is 0 Å². The van der Waals surface area contributed by atoms with E-state index in [1.165, 1.54) is 44.1 Å². The van der Waals surface area contributed by atoms with Gasteiger partial charge in [0.15, 0.2) is 0 Å². The van der Waals surface area contributed by atoms with Crippen molar-refractivity contribution in [1.82, 2.24) is 0 Å². The van der Waals surface area contributed by atoms with Gasteiger partial charge in [-0.2, -0.15) is 0 Å². The molecule has 1 aromatic rings. The Morgan fingerprint density at radius 2 is 1.33 bits per heavy atom. The van der Waals surface area contributed by atoms with Gasteiger partial charge in [0.1, 0.15) is 11.9 Å². The Morgan fingerprint density at radius 1 is 0.810 bits per heavy atom. The number of hydrogen-bond acceptors (Lipinski definition) is 2. The summed E-state index contributed by atoms with van der Waals surface area (Å²) in [5.41, 5.74) is 1.24. The Labute approximate surface area is 129 Å². The number of aliphatic hydroxyl groups excluding tert-OH is 1. The van der Waals surface area contributed by atoms with Crippen molar-refractivity contribution < 1.29 is 9.84 Å². The van der Waals surface area contributed by atoms with E-state index < -0.39 is 0 Å². The summed E-state index contributed by atoms with van der Waals surface area (Å²) < 4.78 is 6.08. The van der Waals surface area contributed by atoms with E-state index in [1.54, 1.807) is 0 Å². The highest BCUT2D eigenvalue weighted by Gasteiger charge is 2.20. The first-order chi connectivity index (χ1) is 10.3. The van der Waals surface area contributed by atoms with E-state index in [1.807, 2.05) is 12.1 Å². The normalized spacial score (nSPS) is 25.6. The molecule has 2 atom stereocenters. The zero-order chi connectivity index (χ0) is 14.9. The van der Waals surface area contributed by atoms with Gasteiger partial charge in [-0.1, -0.05) is 62.6 Å². The van der Waals surface area contributed by atoms with Crippen LogP contribution in [0.4, 0.5) is 0 Å². The monoisotopic (exact) mass is 290 g/mol. The molecule has 0 bridgehead atoms. The summed E-state index contributed by atoms with van der Waals surface area (Å²) in [7, 11) is 0. The Balaban J connectivity index is 1.92. The molecule has 0 heterocycles. The van der Waals surface area contributed by atoms with E-state index in [0.717, 1.165) is 31.4 Å². The zero-order valence-corrected chi connectivity index (χ0v) is 13.4. The molecule has 2 nitrogen and oxygen atoms in total. The Hall–Kier alpha value is -1.02. The number of ether oxygens (including phenoxy) is 1. The average Bonchev–Trinajstić information content (AvgIpc) is 2.48. The minimum atomic E-state index is -0.328. The Morgan fingerprint density at radius 3 is 1.95 bits per heavy atom. The Kier molecular flexibility index (Phi) is 7.08. The lowest BCUT2D eigenvalue weighted by Crippen LogP contribution is -2.32. The smallest absolute Gasteiger partial charge is 0.124 e. The standard InChI is InChI=1S/C19H30O2/c1-16-12-14-17(15-13-16)21-19-11-9-7-5-3-2-4-6-8-10-18(19)20/h12-15,18-20H,2-11H2,1H3. The van der Waals surface area contributed by atoms with Gasteiger partial charge in [0.05, 0.1) is 6.10 Å². The third kappa shape index (κ3) is 6.09. The molecule has 0 amide bonds. The molecule has 1 fully saturated rings. The number of aryl methyl sites for hydroxylation is 1. The molecule has 118 valence electrons. The highest BCUT2D eigenvalue weighted by Crippen LogP contribution is 2.22. The molecular weight excluding hydrogens is 260 g/mol. The number of hydrogen-bond donors (Lipinski definition) is 1. The molecule has 2 rings (SSSR count). The van der Waals surface area contributed by atoms with E-state index in [2.05, 4.69) is 19.1 Å². The molecule has 0 saturated heterocycles.